The Kier molecular flexibility index (Phi) is 5.23. The summed E-state index contributed by atoms with van der Waals surface area (Å²) < 4.78 is 10.3. The second-order valence-corrected chi connectivity index (χ2v) is 6.14. The third-order valence-corrected chi connectivity index (χ3v) is 4.14. The number of carbonyl (C=O) groups is 2. The number of carbonyl (C=O) groups excluding carboxylic acids is 2. The number of halogens is 1. The van der Waals surface area contributed by atoms with Crippen molar-refractivity contribution in [1.29, 1.82) is 0 Å². The fourth-order valence-electron chi connectivity index (χ4n) is 2.60. The topological polar surface area (TPSA) is 77.0 Å². The monoisotopic (exact) mass is 372 g/mol. The quantitative estimate of drug-likeness (QED) is 0.837. The number of benzodiazepines with no additional fused rings is 1. The van der Waals surface area contributed by atoms with E-state index in [0.717, 1.165) is 5.56 Å². The van der Waals surface area contributed by atoms with Gasteiger partial charge in [0, 0.05) is 23.1 Å². The first-order valence-corrected chi connectivity index (χ1v) is 8.32. The number of methoxy groups -OCH3 is 1. The van der Waals surface area contributed by atoms with Crippen LogP contribution in [0, 0.1) is 0 Å². The van der Waals surface area contributed by atoms with Crippen molar-refractivity contribution in [2.75, 3.05) is 19.0 Å². The molecule has 2 aromatic rings. The number of nitrogens with zero attached hydrogens (tertiary/aromatic N) is 1. The summed E-state index contributed by atoms with van der Waals surface area (Å²) in [5, 5.41) is 3.43. The SMILES string of the molecule is COc1ccc2c(c1)C(c1ccc(Cl)cc1)=N[C@@H](COC(C)=O)C(=O)N2. The third-order valence-electron chi connectivity index (χ3n) is 3.89. The second-order valence-electron chi connectivity index (χ2n) is 5.70. The molecule has 26 heavy (non-hydrogen) atoms. The minimum atomic E-state index is -0.858. The third kappa shape index (κ3) is 3.86. The summed E-state index contributed by atoms with van der Waals surface area (Å²) in [5.74, 6) is -0.177. The van der Waals surface area contributed by atoms with Gasteiger partial charge >= 0.3 is 5.97 Å². The van der Waals surface area contributed by atoms with Crippen LogP contribution in [0.25, 0.3) is 0 Å². The Balaban J connectivity index is 2.12. The Hall–Kier alpha value is -2.86. The maximum atomic E-state index is 12.5. The first kappa shape index (κ1) is 17.9. The van der Waals surface area contributed by atoms with E-state index >= 15 is 0 Å². The Labute approximate surface area is 155 Å². The molecule has 1 heterocycles. The van der Waals surface area contributed by atoms with Gasteiger partial charge in [-0.05, 0) is 30.3 Å². The number of nitrogens with one attached hydrogen (secondary N) is 1. The van der Waals surface area contributed by atoms with Crippen LogP contribution in [0.3, 0.4) is 0 Å². The molecular formula is C19H17ClN2O4. The minimum absolute atomic E-state index is 0.136. The highest BCUT2D eigenvalue weighted by atomic mass is 35.5. The zero-order valence-corrected chi connectivity index (χ0v) is 15.0. The number of anilines is 1. The number of hydrogen-bond donors (Lipinski definition) is 1. The van der Waals surface area contributed by atoms with Crippen molar-refractivity contribution in [3.8, 4) is 5.75 Å². The van der Waals surface area contributed by atoms with Gasteiger partial charge in [-0.1, -0.05) is 23.7 Å². The number of esters is 1. The lowest BCUT2D eigenvalue weighted by atomic mass is 10.0. The van der Waals surface area contributed by atoms with Crippen LogP contribution in [0.1, 0.15) is 18.1 Å². The summed E-state index contributed by atoms with van der Waals surface area (Å²) in [4.78, 5) is 28.2. The predicted molar refractivity (Wildman–Crippen MR) is 99.1 cm³/mol. The molecule has 0 radical (unpaired) electrons. The van der Waals surface area contributed by atoms with E-state index in [9.17, 15) is 9.59 Å². The van der Waals surface area contributed by atoms with Crippen LogP contribution in [0.15, 0.2) is 47.5 Å². The lowest BCUT2D eigenvalue weighted by molar-refractivity contribution is -0.142. The molecule has 7 heteroatoms. The number of amides is 1. The smallest absolute Gasteiger partial charge is 0.302 e. The van der Waals surface area contributed by atoms with E-state index in [1.165, 1.54) is 6.92 Å². The van der Waals surface area contributed by atoms with Crippen molar-refractivity contribution in [1.82, 2.24) is 0 Å². The Bertz CT molecular complexity index is 878. The first-order chi connectivity index (χ1) is 12.5. The summed E-state index contributed by atoms with van der Waals surface area (Å²) in [6, 6.07) is 11.6. The van der Waals surface area contributed by atoms with Crippen molar-refractivity contribution in [3.63, 3.8) is 0 Å². The largest absolute Gasteiger partial charge is 0.497 e. The van der Waals surface area contributed by atoms with E-state index in [1.807, 2.05) is 12.1 Å². The Morgan fingerprint density at radius 1 is 1.23 bits per heavy atom. The molecule has 0 saturated heterocycles. The molecule has 0 aliphatic carbocycles. The van der Waals surface area contributed by atoms with E-state index in [4.69, 9.17) is 21.1 Å². The van der Waals surface area contributed by atoms with Gasteiger partial charge < -0.3 is 14.8 Å². The average molecular weight is 373 g/mol. The molecule has 1 aliphatic rings. The molecule has 6 nitrogen and oxygen atoms in total. The summed E-state index contributed by atoms with van der Waals surface area (Å²) >= 11 is 5.98. The van der Waals surface area contributed by atoms with Crippen LogP contribution < -0.4 is 10.1 Å². The maximum Gasteiger partial charge on any atom is 0.302 e. The molecule has 134 valence electrons. The van der Waals surface area contributed by atoms with Gasteiger partial charge in [0.15, 0.2) is 6.04 Å². The standard InChI is InChI=1S/C19H17ClN2O4/c1-11(23)26-10-17-19(24)22-16-8-7-14(25-2)9-15(16)18(21-17)12-3-5-13(20)6-4-12/h3-9,17H,10H2,1-2H3,(H,22,24)/t17-/m0/s1. The van der Waals surface area contributed by atoms with Gasteiger partial charge in [-0.2, -0.15) is 0 Å². The van der Waals surface area contributed by atoms with Crippen LogP contribution >= 0.6 is 11.6 Å². The number of rotatable bonds is 4. The number of aliphatic imine (C=N–C) groups is 1. The highest BCUT2D eigenvalue weighted by Crippen LogP contribution is 2.28. The van der Waals surface area contributed by atoms with Crippen molar-refractivity contribution in [2.45, 2.75) is 13.0 Å². The Morgan fingerprint density at radius 2 is 1.96 bits per heavy atom. The zero-order valence-electron chi connectivity index (χ0n) is 14.3. The van der Waals surface area contributed by atoms with E-state index in [1.54, 1.807) is 37.4 Å². The normalized spacial score (nSPS) is 16.0. The molecule has 2 aromatic carbocycles. The number of benzene rings is 2. The van der Waals surface area contributed by atoms with E-state index in [-0.39, 0.29) is 12.5 Å². The van der Waals surface area contributed by atoms with Gasteiger partial charge in [-0.3, -0.25) is 14.6 Å². The summed E-state index contributed by atoms with van der Waals surface area (Å²) in [6.07, 6.45) is 0. The van der Waals surface area contributed by atoms with Crippen LogP contribution in [-0.4, -0.2) is 37.3 Å². The lowest BCUT2D eigenvalue weighted by Gasteiger charge is -2.12. The molecule has 3 rings (SSSR count). The van der Waals surface area contributed by atoms with Gasteiger partial charge in [-0.25, -0.2) is 0 Å². The molecule has 0 saturated carbocycles. The first-order valence-electron chi connectivity index (χ1n) is 7.94. The zero-order chi connectivity index (χ0) is 18.7. The fourth-order valence-corrected chi connectivity index (χ4v) is 2.73. The van der Waals surface area contributed by atoms with Gasteiger partial charge in [0.2, 0.25) is 0 Å². The summed E-state index contributed by atoms with van der Waals surface area (Å²) in [7, 11) is 1.57. The van der Waals surface area contributed by atoms with Gasteiger partial charge in [0.25, 0.3) is 5.91 Å². The average Bonchev–Trinajstić information content (AvgIpc) is 2.76. The van der Waals surface area contributed by atoms with Crippen molar-refractivity contribution in [3.05, 3.63) is 58.6 Å². The van der Waals surface area contributed by atoms with E-state index in [0.29, 0.717) is 27.7 Å². The molecule has 0 spiro atoms. The van der Waals surface area contributed by atoms with E-state index < -0.39 is 12.0 Å². The van der Waals surface area contributed by atoms with Crippen LogP contribution in [0.2, 0.25) is 5.02 Å². The molecule has 0 unspecified atom stereocenters. The summed E-state index contributed by atoms with van der Waals surface area (Å²) in [6.45, 7) is 1.15. The second kappa shape index (κ2) is 7.58. The molecule has 1 amide bonds. The van der Waals surface area contributed by atoms with Gasteiger partial charge in [0.05, 0.1) is 18.5 Å². The number of hydrogen-bond acceptors (Lipinski definition) is 5. The number of ether oxygens (including phenoxy) is 2. The number of fused-ring (bicyclic) bond motifs is 1. The fraction of sp³-hybridized carbons (Fsp3) is 0.211. The van der Waals surface area contributed by atoms with Crippen molar-refractivity contribution in [2.24, 2.45) is 4.99 Å². The highest BCUT2D eigenvalue weighted by Gasteiger charge is 2.27. The lowest BCUT2D eigenvalue weighted by Crippen LogP contribution is -2.30. The van der Waals surface area contributed by atoms with Gasteiger partial charge in [-0.15, -0.1) is 0 Å². The van der Waals surface area contributed by atoms with Crippen LogP contribution in [-0.2, 0) is 14.3 Å². The molecule has 1 N–H and O–H groups in total. The molecule has 1 atom stereocenters. The van der Waals surface area contributed by atoms with E-state index in [2.05, 4.69) is 10.3 Å². The molecule has 1 aliphatic heterocycles. The molecule has 0 bridgehead atoms. The molecule has 0 fully saturated rings. The van der Waals surface area contributed by atoms with Crippen molar-refractivity contribution < 1.29 is 19.1 Å². The Morgan fingerprint density at radius 3 is 2.62 bits per heavy atom. The van der Waals surface area contributed by atoms with Gasteiger partial charge in [0.1, 0.15) is 12.4 Å². The predicted octanol–water partition coefficient (Wildman–Crippen LogP) is 3.07. The molecular weight excluding hydrogens is 356 g/mol. The maximum absolute atomic E-state index is 12.5. The summed E-state index contributed by atoms with van der Waals surface area (Å²) in [5.41, 5.74) is 2.69. The minimum Gasteiger partial charge on any atom is -0.497 e. The molecule has 0 aromatic heterocycles. The van der Waals surface area contributed by atoms with Crippen molar-refractivity contribution >= 4 is 34.9 Å². The highest BCUT2D eigenvalue weighted by molar-refractivity contribution is 6.30. The van der Waals surface area contributed by atoms with Crippen LogP contribution in [0.5, 0.6) is 5.75 Å². The van der Waals surface area contributed by atoms with Crippen LogP contribution in [0.4, 0.5) is 5.69 Å².